The van der Waals surface area contributed by atoms with Crippen LogP contribution in [0.25, 0.3) is 0 Å². The molecule has 0 N–H and O–H groups in total. The van der Waals surface area contributed by atoms with Gasteiger partial charge < -0.3 is 14.2 Å². The molecule has 0 fully saturated rings. The highest BCUT2D eigenvalue weighted by Crippen LogP contribution is 2.19. The maximum Gasteiger partial charge on any atom is 0.254 e. The van der Waals surface area contributed by atoms with Crippen LogP contribution in [-0.2, 0) is 13.1 Å². The Balaban J connectivity index is 1.75. The molecular formula is C18H21N3O2. The van der Waals surface area contributed by atoms with Crippen molar-refractivity contribution in [2.75, 3.05) is 13.2 Å². The molecule has 1 aliphatic heterocycles. The van der Waals surface area contributed by atoms with E-state index in [2.05, 4.69) is 16.1 Å². The molecule has 0 radical (unpaired) electrons. The molecule has 0 spiro atoms. The second-order valence-electron chi connectivity index (χ2n) is 5.93. The fourth-order valence-electron chi connectivity index (χ4n) is 2.67. The Hall–Kier alpha value is -2.56. The van der Waals surface area contributed by atoms with Gasteiger partial charge in [0, 0.05) is 24.8 Å². The number of carbonyl (C=O) groups excluding carboxylic acids is 1. The lowest BCUT2D eigenvalue weighted by Crippen LogP contribution is -2.30. The second kappa shape index (κ2) is 6.69. The Morgan fingerprint density at radius 2 is 2.26 bits per heavy atom. The summed E-state index contributed by atoms with van der Waals surface area (Å²) in [5.41, 5.74) is 2.67. The van der Waals surface area contributed by atoms with Crippen LogP contribution in [0.3, 0.4) is 0 Å². The predicted octanol–water partition coefficient (Wildman–Crippen LogP) is 2.88. The standard InChI is InChI=1S/C18H21N3O2/c1-14(2)12-23-17-6-3-5-15(9-17)18(22)20-7-4-8-21-13-19-10-16(21)11-20/h3,5-6,9-10,13H,1,4,7-8,11-12H2,2H3. The summed E-state index contributed by atoms with van der Waals surface area (Å²) in [5.74, 6) is 0.721. The highest BCUT2D eigenvalue weighted by Gasteiger charge is 2.20. The highest BCUT2D eigenvalue weighted by atomic mass is 16.5. The average Bonchev–Trinajstić information content (AvgIpc) is 2.89. The van der Waals surface area contributed by atoms with E-state index in [1.807, 2.05) is 42.5 Å². The zero-order valence-corrected chi connectivity index (χ0v) is 13.4. The minimum atomic E-state index is 0.0282. The van der Waals surface area contributed by atoms with Crippen LogP contribution in [0.5, 0.6) is 5.75 Å². The van der Waals surface area contributed by atoms with E-state index in [1.54, 1.807) is 6.07 Å². The molecule has 5 heteroatoms. The lowest BCUT2D eigenvalue weighted by molar-refractivity contribution is 0.0745. The molecule has 120 valence electrons. The minimum Gasteiger partial charge on any atom is -0.489 e. The van der Waals surface area contributed by atoms with Crippen molar-refractivity contribution in [3.05, 3.63) is 60.2 Å². The molecule has 0 saturated carbocycles. The number of nitrogens with zero attached hydrogens (tertiary/aromatic N) is 3. The zero-order valence-electron chi connectivity index (χ0n) is 13.4. The molecule has 2 heterocycles. The smallest absolute Gasteiger partial charge is 0.254 e. The summed E-state index contributed by atoms with van der Waals surface area (Å²) in [4.78, 5) is 18.8. The molecule has 0 atom stereocenters. The first kappa shape index (κ1) is 15.3. The molecule has 0 bridgehead atoms. The first-order chi connectivity index (χ1) is 11.1. The maximum absolute atomic E-state index is 12.8. The van der Waals surface area contributed by atoms with Crippen molar-refractivity contribution in [3.63, 3.8) is 0 Å². The molecule has 5 nitrogen and oxygen atoms in total. The molecule has 1 aromatic carbocycles. The van der Waals surface area contributed by atoms with Crippen molar-refractivity contribution in [2.24, 2.45) is 0 Å². The van der Waals surface area contributed by atoms with Crippen LogP contribution in [0.1, 0.15) is 29.4 Å². The number of carbonyl (C=O) groups is 1. The molecule has 1 aliphatic rings. The van der Waals surface area contributed by atoms with Crippen molar-refractivity contribution in [2.45, 2.75) is 26.4 Å². The number of aryl methyl sites for hydroxylation is 1. The predicted molar refractivity (Wildman–Crippen MR) is 88.3 cm³/mol. The minimum absolute atomic E-state index is 0.0282. The van der Waals surface area contributed by atoms with E-state index in [1.165, 1.54) is 0 Å². The Morgan fingerprint density at radius 1 is 1.39 bits per heavy atom. The summed E-state index contributed by atoms with van der Waals surface area (Å²) in [6.45, 7) is 8.43. The van der Waals surface area contributed by atoms with E-state index in [9.17, 15) is 4.79 Å². The molecule has 0 aliphatic carbocycles. The van der Waals surface area contributed by atoms with Crippen molar-refractivity contribution in [3.8, 4) is 5.75 Å². The average molecular weight is 311 g/mol. The molecule has 1 amide bonds. The van der Waals surface area contributed by atoms with Crippen molar-refractivity contribution >= 4 is 5.91 Å². The largest absolute Gasteiger partial charge is 0.489 e. The summed E-state index contributed by atoms with van der Waals surface area (Å²) < 4.78 is 7.74. The van der Waals surface area contributed by atoms with Crippen LogP contribution in [0.2, 0.25) is 0 Å². The number of aromatic nitrogens is 2. The van der Waals surface area contributed by atoms with Crippen LogP contribution in [-0.4, -0.2) is 33.5 Å². The van der Waals surface area contributed by atoms with Crippen molar-refractivity contribution in [1.29, 1.82) is 0 Å². The molecule has 1 aromatic heterocycles. The SMILES string of the molecule is C=C(C)COc1cccc(C(=O)N2CCCn3cncc3C2)c1. The van der Waals surface area contributed by atoms with Gasteiger partial charge in [-0.15, -0.1) is 0 Å². The quantitative estimate of drug-likeness (QED) is 0.816. The lowest BCUT2D eigenvalue weighted by atomic mass is 10.1. The third-order valence-electron chi connectivity index (χ3n) is 3.83. The number of benzene rings is 1. The second-order valence-corrected chi connectivity index (χ2v) is 5.93. The van der Waals surface area contributed by atoms with Gasteiger partial charge in [0.2, 0.25) is 0 Å². The van der Waals surface area contributed by atoms with Gasteiger partial charge in [-0.05, 0) is 37.1 Å². The van der Waals surface area contributed by atoms with Gasteiger partial charge in [0.05, 0.1) is 18.6 Å². The fraction of sp³-hybridized carbons (Fsp3) is 0.333. The number of rotatable bonds is 4. The van der Waals surface area contributed by atoms with E-state index in [-0.39, 0.29) is 5.91 Å². The number of ether oxygens (including phenoxy) is 1. The van der Waals surface area contributed by atoms with Crippen LogP contribution in [0.4, 0.5) is 0 Å². The third kappa shape index (κ3) is 3.62. The van der Waals surface area contributed by atoms with Crippen LogP contribution >= 0.6 is 0 Å². The molecular weight excluding hydrogens is 290 g/mol. The van der Waals surface area contributed by atoms with Gasteiger partial charge in [0.25, 0.3) is 5.91 Å². The summed E-state index contributed by atoms with van der Waals surface area (Å²) in [6, 6.07) is 7.34. The van der Waals surface area contributed by atoms with Crippen molar-refractivity contribution < 1.29 is 9.53 Å². The van der Waals surface area contributed by atoms with Gasteiger partial charge in [-0.2, -0.15) is 0 Å². The van der Waals surface area contributed by atoms with Gasteiger partial charge >= 0.3 is 0 Å². The Kier molecular flexibility index (Phi) is 4.46. The number of hydrogen-bond donors (Lipinski definition) is 0. The van der Waals surface area contributed by atoms with Crippen LogP contribution in [0.15, 0.2) is 48.9 Å². The van der Waals surface area contributed by atoms with Crippen LogP contribution in [0, 0.1) is 0 Å². The first-order valence-corrected chi connectivity index (χ1v) is 7.79. The Labute approximate surface area is 136 Å². The molecule has 3 rings (SSSR count). The molecule has 2 aromatic rings. The highest BCUT2D eigenvalue weighted by molar-refractivity contribution is 5.94. The topological polar surface area (TPSA) is 47.4 Å². The molecule has 23 heavy (non-hydrogen) atoms. The summed E-state index contributed by atoms with van der Waals surface area (Å²) in [5, 5.41) is 0. The normalized spacial score (nSPS) is 14.0. The first-order valence-electron chi connectivity index (χ1n) is 7.79. The van der Waals surface area contributed by atoms with E-state index in [0.29, 0.717) is 24.5 Å². The monoisotopic (exact) mass is 311 g/mol. The van der Waals surface area contributed by atoms with E-state index in [4.69, 9.17) is 4.74 Å². The number of fused-ring (bicyclic) bond motifs is 1. The maximum atomic E-state index is 12.8. The number of amides is 1. The van der Waals surface area contributed by atoms with Crippen molar-refractivity contribution in [1.82, 2.24) is 14.5 Å². The number of imidazole rings is 1. The van der Waals surface area contributed by atoms with Gasteiger partial charge in [0.15, 0.2) is 0 Å². The molecule has 0 unspecified atom stereocenters. The molecule has 0 saturated heterocycles. The van der Waals surface area contributed by atoms with Gasteiger partial charge in [0.1, 0.15) is 12.4 Å². The van der Waals surface area contributed by atoms with E-state index in [0.717, 1.165) is 30.8 Å². The zero-order chi connectivity index (χ0) is 16.2. The summed E-state index contributed by atoms with van der Waals surface area (Å²) in [6.07, 6.45) is 4.59. The Morgan fingerprint density at radius 3 is 3.09 bits per heavy atom. The van der Waals surface area contributed by atoms with Gasteiger partial charge in [-0.1, -0.05) is 12.6 Å². The fourth-order valence-corrected chi connectivity index (χ4v) is 2.67. The lowest BCUT2D eigenvalue weighted by Gasteiger charge is -2.20. The summed E-state index contributed by atoms with van der Waals surface area (Å²) >= 11 is 0. The van der Waals surface area contributed by atoms with Gasteiger partial charge in [-0.25, -0.2) is 4.98 Å². The van der Waals surface area contributed by atoms with E-state index >= 15 is 0 Å². The van der Waals surface area contributed by atoms with E-state index < -0.39 is 0 Å². The Bertz CT molecular complexity index is 721. The number of hydrogen-bond acceptors (Lipinski definition) is 3. The summed E-state index contributed by atoms with van der Waals surface area (Å²) in [7, 11) is 0. The van der Waals surface area contributed by atoms with Crippen LogP contribution < -0.4 is 4.74 Å². The third-order valence-corrected chi connectivity index (χ3v) is 3.83. The van der Waals surface area contributed by atoms with Gasteiger partial charge in [-0.3, -0.25) is 4.79 Å².